The predicted molar refractivity (Wildman–Crippen MR) is 104 cm³/mol. The molecular weight excluding hydrogens is 401 g/mol. The van der Waals surface area contributed by atoms with Crippen LogP contribution in [0.25, 0.3) is 0 Å². The molecule has 10 heteroatoms. The summed E-state index contributed by atoms with van der Waals surface area (Å²) >= 11 is 0. The number of sulfonamides is 1. The van der Waals surface area contributed by atoms with Crippen molar-refractivity contribution in [2.45, 2.75) is 24.7 Å². The smallest absolute Gasteiger partial charge is 0.274 e. The summed E-state index contributed by atoms with van der Waals surface area (Å²) in [7, 11) is -3.84. The number of nitrogens with one attached hydrogen (secondary N) is 1. The minimum absolute atomic E-state index is 0.0144. The minimum atomic E-state index is -3.84. The normalized spacial score (nSPS) is 17.7. The number of anilines is 1. The van der Waals surface area contributed by atoms with Gasteiger partial charge in [0.1, 0.15) is 5.82 Å². The number of carbonyl (C=O) groups excluding carboxylic acids is 1. The molecule has 1 saturated heterocycles. The number of benzene rings is 2. The highest BCUT2D eigenvalue weighted by atomic mass is 32.2. The Kier molecular flexibility index (Phi) is 5.94. The van der Waals surface area contributed by atoms with Gasteiger partial charge < -0.3 is 5.32 Å². The monoisotopic (exact) mass is 421 g/mol. The quantitative estimate of drug-likeness (QED) is 0.589. The Balaban J connectivity index is 1.73. The Morgan fingerprint density at radius 1 is 1.24 bits per heavy atom. The number of hydrogen-bond acceptors (Lipinski definition) is 5. The molecule has 0 bridgehead atoms. The number of rotatable bonds is 5. The highest BCUT2D eigenvalue weighted by Gasteiger charge is 2.33. The third-order valence-corrected chi connectivity index (χ3v) is 6.76. The number of aryl methyl sites for hydroxylation is 1. The van der Waals surface area contributed by atoms with Crippen LogP contribution in [0.5, 0.6) is 0 Å². The molecule has 2 aromatic rings. The van der Waals surface area contributed by atoms with Crippen LogP contribution in [0.2, 0.25) is 0 Å². The van der Waals surface area contributed by atoms with Gasteiger partial charge in [-0.2, -0.15) is 4.31 Å². The number of nitro groups is 1. The number of carbonyl (C=O) groups is 1. The van der Waals surface area contributed by atoms with E-state index < -0.39 is 32.6 Å². The molecule has 3 rings (SSSR count). The Morgan fingerprint density at radius 2 is 1.93 bits per heavy atom. The molecule has 1 unspecified atom stereocenters. The summed E-state index contributed by atoms with van der Waals surface area (Å²) in [5, 5.41) is 13.7. The van der Waals surface area contributed by atoms with E-state index in [0.717, 1.165) is 12.1 Å². The Labute approximate surface area is 167 Å². The molecule has 2 aromatic carbocycles. The van der Waals surface area contributed by atoms with Crippen LogP contribution in [0, 0.1) is 28.8 Å². The van der Waals surface area contributed by atoms with Gasteiger partial charge >= 0.3 is 0 Å². The topological polar surface area (TPSA) is 110 Å². The van der Waals surface area contributed by atoms with Crippen LogP contribution < -0.4 is 5.32 Å². The van der Waals surface area contributed by atoms with Crippen LogP contribution in [-0.4, -0.2) is 36.6 Å². The second-order valence-electron chi connectivity index (χ2n) is 6.90. The highest BCUT2D eigenvalue weighted by Crippen LogP contribution is 2.26. The molecule has 0 aromatic heterocycles. The minimum Gasteiger partial charge on any atom is -0.326 e. The van der Waals surface area contributed by atoms with Crippen molar-refractivity contribution < 1.29 is 22.5 Å². The summed E-state index contributed by atoms with van der Waals surface area (Å²) in [6, 6.07) is 8.93. The van der Waals surface area contributed by atoms with Gasteiger partial charge in [-0.05, 0) is 50.1 Å². The van der Waals surface area contributed by atoms with Gasteiger partial charge in [-0.1, -0.05) is 6.07 Å². The molecule has 0 aliphatic carbocycles. The maximum atomic E-state index is 13.1. The molecule has 0 spiro atoms. The van der Waals surface area contributed by atoms with E-state index in [-0.39, 0.29) is 29.4 Å². The van der Waals surface area contributed by atoms with E-state index in [1.54, 1.807) is 19.1 Å². The third-order valence-electron chi connectivity index (χ3n) is 4.88. The number of nitrogens with zero attached hydrogens (tertiary/aromatic N) is 2. The first-order valence-corrected chi connectivity index (χ1v) is 10.4. The van der Waals surface area contributed by atoms with Gasteiger partial charge in [-0.25, -0.2) is 12.8 Å². The van der Waals surface area contributed by atoms with Crippen molar-refractivity contribution in [1.29, 1.82) is 0 Å². The van der Waals surface area contributed by atoms with Gasteiger partial charge in [-0.15, -0.1) is 0 Å². The second-order valence-corrected chi connectivity index (χ2v) is 8.84. The van der Waals surface area contributed by atoms with E-state index in [2.05, 4.69) is 5.32 Å². The van der Waals surface area contributed by atoms with Crippen molar-refractivity contribution in [2.24, 2.45) is 5.92 Å². The zero-order valence-electron chi connectivity index (χ0n) is 15.7. The number of hydrogen-bond donors (Lipinski definition) is 1. The third kappa shape index (κ3) is 4.60. The van der Waals surface area contributed by atoms with E-state index in [0.29, 0.717) is 18.4 Å². The van der Waals surface area contributed by atoms with Crippen molar-refractivity contribution in [3.8, 4) is 0 Å². The van der Waals surface area contributed by atoms with Crippen molar-refractivity contribution in [2.75, 3.05) is 18.4 Å². The fraction of sp³-hybridized carbons (Fsp3) is 0.316. The zero-order chi connectivity index (χ0) is 21.2. The average Bonchev–Trinajstić information content (AvgIpc) is 2.69. The van der Waals surface area contributed by atoms with Crippen LogP contribution in [0.1, 0.15) is 18.4 Å². The summed E-state index contributed by atoms with van der Waals surface area (Å²) in [4.78, 5) is 23.1. The number of amides is 1. The van der Waals surface area contributed by atoms with E-state index in [1.807, 2.05) is 0 Å². The molecule has 0 radical (unpaired) electrons. The van der Waals surface area contributed by atoms with Crippen molar-refractivity contribution in [3.05, 3.63) is 64.0 Å². The molecule has 1 aliphatic rings. The fourth-order valence-corrected chi connectivity index (χ4v) is 4.78. The van der Waals surface area contributed by atoms with E-state index >= 15 is 0 Å². The fourth-order valence-electron chi connectivity index (χ4n) is 3.26. The lowest BCUT2D eigenvalue weighted by molar-refractivity contribution is -0.385. The van der Waals surface area contributed by atoms with Gasteiger partial charge in [-0.3, -0.25) is 14.9 Å². The first-order valence-electron chi connectivity index (χ1n) is 9.00. The first kappa shape index (κ1) is 20.9. The molecule has 1 fully saturated rings. The number of piperidine rings is 1. The molecular formula is C19H20FN3O5S. The number of nitro benzene ring substituents is 1. The van der Waals surface area contributed by atoms with Crippen molar-refractivity contribution >= 4 is 27.3 Å². The molecule has 1 atom stereocenters. The standard InChI is InChI=1S/C19H20FN3O5S/c1-13-4-7-16(11-18(13)23(25)26)21-19(24)14-3-2-10-22(12-14)29(27,28)17-8-5-15(20)6-9-17/h4-9,11,14H,2-3,10,12H2,1H3,(H,21,24). The Hall–Kier alpha value is -2.85. The SMILES string of the molecule is Cc1ccc(NC(=O)C2CCCN(S(=O)(=O)c3ccc(F)cc3)C2)cc1[N+](=O)[O-]. The summed E-state index contributed by atoms with van der Waals surface area (Å²) < 4.78 is 39.9. The molecule has 1 amide bonds. The van der Waals surface area contributed by atoms with Crippen LogP contribution in [0.15, 0.2) is 47.4 Å². The zero-order valence-corrected chi connectivity index (χ0v) is 16.5. The lowest BCUT2D eigenvalue weighted by Gasteiger charge is -2.31. The van der Waals surface area contributed by atoms with Crippen LogP contribution >= 0.6 is 0 Å². The van der Waals surface area contributed by atoms with Gasteiger partial charge in [0.15, 0.2) is 0 Å². The average molecular weight is 421 g/mol. The van der Waals surface area contributed by atoms with Crippen molar-refractivity contribution in [3.63, 3.8) is 0 Å². The van der Waals surface area contributed by atoms with Gasteiger partial charge in [0, 0.05) is 30.4 Å². The lowest BCUT2D eigenvalue weighted by Crippen LogP contribution is -2.43. The predicted octanol–water partition coefficient (Wildman–Crippen LogP) is 3.08. The maximum absolute atomic E-state index is 13.1. The van der Waals surface area contributed by atoms with E-state index in [1.165, 1.54) is 22.5 Å². The van der Waals surface area contributed by atoms with Crippen LogP contribution in [0.3, 0.4) is 0 Å². The molecule has 1 N–H and O–H groups in total. The highest BCUT2D eigenvalue weighted by molar-refractivity contribution is 7.89. The molecule has 29 heavy (non-hydrogen) atoms. The van der Waals surface area contributed by atoms with Gasteiger partial charge in [0.25, 0.3) is 5.69 Å². The first-order chi connectivity index (χ1) is 13.7. The van der Waals surface area contributed by atoms with Gasteiger partial charge in [0.2, 0.25) is 15.9 Å². The second kappa shape index (κ2) is 8.26. The Bertz CT molecular complexity index is 1040. The van der Waals surface area contributed by atoms with E-state index in [4.69, 9.17) is 0 Å². The van der Waals surface area contributed by atoms with E-state index in [9.17, 15) is 27.7 Å². The summed E-state index contributed by atoms with van der Waals surface area (Å²) in [5.41, 5.74) is 0.653. The summed E-state index contributed by atoms with van der Waals surface area (Å²) in [6.07, 6.45) is 0.988. The molecule has 1 heterocycles. The molecule has 154 valence electrons. The van der Waals surface area contributed by atoms with Crippen molar-refractivity contribution in [1.82, 2.24) is 4.31 Å². The Morgan fingerprint density at radius 3 is 2.59 bits per heavy atom. The number of halogens is 1. The maximum Gasteiger partial charge on any atom is 0.274 e. The largest absolute Gasteiger partial charge is 0.326 e. The summed E-state index contributed by atoms with van der Waals surface area (Å²) in [5.74, 6) is -1.53. The van der Waals surface area contributed by atoms with Crippen LogP contribution in [-0.2, 0) is 14.8 Å². The van der Waals surface area contributed by atoms with Gasteiger partial charge in [0.05, 0.1) is 15.7 Å². The molecule has 0 saturated carbocycles. The summed E-state index contributed by atoms with van der Waals surface area (Å²) in [6.45, 7) is 1.85. The lowest BCUT2D eigenvalue weighted by atomic mass is 9.98. The molecule has 1 aliphatic heterocycles. The molecule has 8 nitrogen and oxygen atoms in total. The van der Waals surface area contributed by atoms with Crippen LogP contribution in [0.4, 0.5) is 15.8 Å².